The van der Waals surface area contributed by atoms with E-state index < -0.39 is 0 Å². The van der Waals surface area contributed by atoms with E-state index in [-0.39, 0.29) is 17.6 Å². The monoisotopic (exact) mass is 427 g/mol. The summed E-state index contributed by atoms with van der Waals surface area (Å²) in [5.74, 6) is 1.12. The molecule has 1 aliphatic heterocycles. The highest BCUT2D eigenvalue weighted by atomic mass is 35.5. The van der Waals surface area contributed by atoms with Gasteiger partial charge in [0.1, 0.15) is 17.4 Å². The van der Waals surface area contributed by atoms with Crippen LogP contribution in [0.5, 0.6) is 11.6 Å². The summed E-state index contributed by atoms with van der Waals surface area (Å²) in [6.45, 7) is 1.22. The fraction of sp³-hybridized carbons (Fsp3) is 0.238. The number of hydrogen-bond donors (Lipinski definition) is 1. The molecule has 1 amide bonds. The Morgan fingerprint density at radius 1 is 1.17 bits per heavy atom. The summed E-state index contributed by atoms with van der Waals surface area (Å²) in [5, 5.41) is 3.34. The van der Waals surface area contributed by atoms with Crippen LogP contribution in [0.2, 0.25) is 5.02 Å². The van der Waals surface area contributed by atoms with E-state index in [4.69, 9.17) is 16.3 Å². The van der Waals surface area contributed by atoms with E-state index in [1.807, 2.05) is 4.90 Å². The Morgan fingerprint density at radius 2 is 2.00 bits per heavy atom. The minimum atomic E-state index is -0.336. The Hall–Kier alpha value is -3.26. The maximum atomic E-state index is 13.1. The van der Waals surface area contributed by atoms with Gasteiger partial charge in [-0.15, -0.1) is 0 Å². The van der Waals surface area contributed by atoms with E-state index in [1.54, 1.807) is 24.4 Å². The van der Waals surface area contributed by atoms with Crippen LogP contribution in [0.4, 0.5) is 16.2 Å². The van der Waals surface area contributed by atoms with Crippen LogP contribution in [0.1, 0.15) is 12.8 Å². The molecule has 1 aromatic carbocycles. The molecule has 0 saturated carbocycles. The lowest BCUT2D eigenvalue weighted by atomic mass is 9.97. The number of benzene rings is 1. The van der Waals surface area contributed by atoms with Gasteiger partial charge in [-0.25, -0.2) is 14.4 Å². The molecule has 3 aromatic rings. The number of aromatic nitrogens is 3. The summed E-state index contributed by atoms with van der Waals surface area (Å²) in [6.07, 6.45) is 4.69. The predicted octanol–water partition coefficient (Wildman–Crippen LogP) is 4.31. The minimum absolute atomic E-state index is 0.103. The second kappa shape index (κ2) is 9.04. The lowest BCUT2D eigenvalue weighted by Gasteiger charge is -2.32. The lowest BCUT2D eigenvalue weighted by molar-refractivity contribution is -0.120. The van der Waals surface area contributed by atoms with Crippen molar-refractivity contribution in [3.63, 3.8) is 0 Å². The van der Waals surface area contributed by atoms with Crippen molar-refractivity contribution in [2.24, 2.45) is 5.92 Å². The van der Waals surface area contributed by atoms with E-state index in [0.717, 1.165) is 19.4 Å². The summed E-state index contributed by atoms with van der Waals surface area (Å²) >= 11 is 5.83. The molecule has 1 atom stereocenters. The Kier molecular flexibility index (Phi) is 6.04. The van der Waals surface area contributed by atoms with Gasteiger partial charge in [0, 0.05) is 31.5 Å². The van der Waals surface area contributed by atoms with Gasteiger partial charge in [0.25, 0.3) is 0 Å². The van der Waals surface area contributed by atoms with Crippen molar-refractivity contribution in [3.05, 3.63) is 65.7 Å². The van der Waals surface area contributed by atoms with Crippen molar-refractivity contribution in [1.82, 2.24) is 15.0 Å². The van der Waals surface area contributed by atoms with Gasteiger partial charge in [-0.05, 0) is 49.2 Å². The molecule has 1 aliphatic rings. The van der Waals surface area contributed by atoms with Crippen LogP contribution >= 0.6 is 11.6 Å². The second-order valence-electron chi connectivity index (χ2n) is 6.89. The number of piperidine rings is 1. The predicted molar refractivity (Wildman–Crippen MR) is 111 cm³/mol. The van der Waals surface area contributed by atoms with Crippen molar-refractivity contribution in [1.29, 1.82) is 0 Å². The van der Waals surface area contributed by atoms with Crippen molar-refractivity contribution in [3.8, 4) is 11.6 Å². The van der Waals surface area contributed by atoms with E-state index in [1.165, 1.54) is 30.5 Å². The Balaban J connectivity index is 1.42. The molecule has 9 heteroatoms. The first-order valence-corrected chi connectivity index (χ1v) is 9.88. The summed E-state index contributed by atoms with van der Waals surface area (Å²) in [7, 11) is 0. The first-order valence-electron chi connectivity index (χ1n) is 9.51. The SMILES string of the molecule is O=C(Nc1ccc(Cl)cn1)C1CCCN(c2nccc(Oc3ccc(F)cc3)n2)C1. The van der Waals surface area contributed by atoms with Crippen LogP contribution in [0.25, 0.3) is 0 Å². The number of nitrogens with zero attached hydrogens (tertiary/aromatic N) is 4. The van der Waals surface area contributed by atoms with Gasteiger partial charge in [-0.2, -0.15) is 4.98 Å². The molecule has 1 unspecified atom stereocenters. The van der Waals surface area contributed by atoms with Gasteiger partial charge in [-0.1, -0.05) is 11.6 Å². The molecule has 3 heterocycles. The second-order valence-corrected chi connectivity index (χ2v) is 7.32. The zero-order valence-corrected chi connectivity index (χ0v) is 16.7. The van der Waals surface area contributed by atoms with E-state index >= 15 is 0 Å². The molecule has 1 N–H and O–H groups in total. The number of nitrogens with one attached hydrogen (secondary N) is 1. The quantitative estimate of drug-likeness (QED) is 0.653. The van der Waals surface area contributed by atoms with Gasteiger partial charge in [0.15, 0.2) is 0 Å². The largest absolute Gasteiger partial charge is 0.439 e. The Labute approximate surface area is 177 Å². The number of carbonyl (C=O) groups excluding carboxylic acids is 1. The summed E-state index contributed by atoms with van der Waals surface area (Å²) < 4.78 is 18.7. The first-order chi connectivity index (χ1) is 14.6. The number of hydrogen-bond acceptors (Lipinski definition) is 6. The number of halogens is 2. The van der Waals surface area contributed by atoms with Gasteiger partial charge < -0.3 is 15.0 Å². The summed E-state index contributed by atoms with van der Waals surface area (Å²) in [6, 6.07) is 10.7. The smallest absolute Gasteiger partial charge is 0.230 e. The molecule has 1 fully saturated rings. The maximum Gasteiger partial charge on any atom is 0.230 e. The summed E-state index contributed by atoms with van der Waals surface area (Å²) in [5.41, 5.74) is 0. The fourth-order valence-corrected chi connectivity index (χ4v) is 3.33. The highest BCUT2D eigenvalue weighted by Crippen LogP contribution is 2.25. The van der Waals surface area contributed by atoms with E-state index in [9.17, 15) is 9.18 Å². The topological polar surface area (TPSA) is 80.2 Å². The van der Waals surface area contributed by atoms with E-state index in [2.05, 4.69) is 20.3 Å². The third kappa shape index (κ3) is 5.01. The van der Waals surface area contributed by atoms with Crippen LogP contribution in [-0.2, 0) is 4.79 Å². The number of rotatable bonds is 5. The number of carbonyl (C=O) groups is 1. The van der Waals surface area contributed by atoms with Crippen molar-refractivity contribution >= 4 is 29.3 Å². The maximum absolute atomic E-state index is 13.1. The number of pyridine rings is 1. The van der Waals surface area contributed by atoms with Crippen LogP contribution < -0.4 is 15.0 Å². The molecule has 2 aromatic heterocycles. The zero-order chi connectivity index (χ0) is 20.9. The normalized spacial score (nSPS) is 16.2. The fourth-order valence-electron chi connectivity index (χ4n) is 3.22. The highest BCUT2D eigenvalue weighted by Gasteiger charge is 2.27. The third-order valence-corrected chi connectivity index (χ3v) is 4.93. The van der Waals surface area contributed by atoms with Gasteiger partial charge in [-0.3, -0.25) is 4.79 Å². The Bertz CT molecular complexity index is 1020. The molecule has 0 spiro atoms. The number of amides is 1. The molecular formula is C21H19ClFN5O2. The van der Waals surface area contributed by atoms with Crippen LogP contribution in [0.15, 0.2) is 54.9 Å². The molecule has 1 saturated heterocycles. The molecule has 7 nitrogen and oxygen atoms in total. The average Bonchev–Trinajstić information content (AvgIpc) is 2.77. The van der Waals surface area contributed by atoms with Crippen molar-refractivity contribution in [2.75, 3.05) is 23.3 Å². The molecule has 30 heavy (non-hydrogen) atoms. The standard InChI is InChI=1S/C21H19ClFN5O2/c22-15-3-8-18(25-12-15)26-20(29)14-2-1-11-28(13-14)21-24-10-9-19(27-21)30-17-6-4-16(23)5-7-17/h3-10,12,14H,1-2,11,13H2,(H,25,26,29). The minimum Gasteiger partial charge on any atom is -0.439 e. The average molecular weight is 428 g/mol. The van der Waals surface area contributed by atoms with Crippen LogP contribution in [0.3, 0.4) is 0 Å². The third-order valence-electron chi connectivity index (χ3n) is 4.71. The molecule has 0 radical (unpaired) electrons. The van der Waals surface area contributed by atoms with Crippen molar-refractivity contribution < 1.29 is 13.9 Å². The number of ether oxygens (including phenoxy) is 1. The van der Waals surface area contributed by atoms with Crippen LogP contribution in [-0.4, -0.2) is 33.9 Å². The van der Waals surface area contributed by atoms with Gasteiger partial charge in [0.2, 0.25) is 17.7 Å². The number of anilines is 2. The molecule has 4 rings (SSSR count). The lowest BCUT2D eigenvalue weighted by Crippen LogP contribution is -2.41. The Morgan fingerprint density at radius 3 is 2.77 bits per heavy atom. The molecule has 0 bridgehead atoms. The van der Waals surface area contributed by atoms with Gasteiger partial charge >= 0.3 is 0 Å². The molecule has 154 valence electrons. The zero-order valence-electron chi connectivity index (χ0n) is 16.0. The molecule has 0 aliphatic carbocycles. The van der Waals surface area contributed by atoms with Crippen molar-refractivity contribution in [2.45, 2.75) is 12.8 Å². The highest BCUT2D eigenvalue weighted by molar-refractivity contribution is 6.30. The first kappa shape index (κ1) is 20.0. The summed E-state index contributed by atoms with van der Waals surface area (Å²) in [4.78, 5) is 27.5. The molecular weight excluding hydrogens is 409 g/mol. The van der Waals surface area contributed by atoms with Gasteiger partial charge in [0.05, 0.1) is 10.9 Å². The van der Waals surface area contributed by atoms with E-state index in [0.29, 0.717) is 35.0 Å². The van der Waals surface area contributed by atoms with Crippen LogP contribution in [0, 0.1) is 11.7 Å².